The van der Waals surface area contributed by atoms with Crippen LogP contribution in [-0.2, 0) is 4.79 Å². The summed E-state index contributed by atoms with van der Waals surface area (Å²) in [5.41, 5.74) is 4.07. The average molecular weight is 447 g/mol. The van der Waals surface area contributed by atoms with Crippen molar-refractivity contribution in [2.45, 2.75) is 104 Å². The summed E-state index contributed by atoms with van der Waals surface area (Å²) in [6.07, 6.45) is 6.14. The van der Waals surface area contributed by atoms with Crippen LogP contribution in [0.25, 0.3) is 0 Å². The van der Waals surface area contributed by atoms with Crippen LogP contribution in [0, 0.1) is 5.82 Å². The Morgan fingerprint density at radius 2 is 1.81 bits per heavy atom. The number of benzene rings is 1. The van der Waals surface area contributed by atoms with E-state index in [1.807, 2.05) is 31.1 Å². The van der Waals surface area contributed by atoms with E-state index in [0.717, 1.165) is 37.9 Å². The minimum absolute atomic E-state index is 0.0380. The van der Waals surface area contributed by atoms with Crippen molar-refractivity contribution in [2.24, 2.45) is 0 Å². The molecule has 0 radical (unpaired) electrons. The van der Waals surface area contributed by atoms with Crippen LogP contribution in [0.15, 0.2) is 35.7 Å². The molecule has 0 aliphatic carbocycles. The predicted molar refractivity (Wildman–Crippen MR) is 130 cm³/mol. The third-order valence-corrected chi connectivity index (χ3v) is 6.77. The molecule has 1 aliphatic heterocycles. The number of hydrogen-bond donors (Lipinski definition) is 3. The van der Waals surface area contributed by atoms with Gasteiger partial charge in [-0.25, -0.2) is 9.82 Å². The molecule has 3 N–H and O–H groups in total. The zero-order chi connectivity index (χ0) is 23.9. The number of hydrogen-bond acceptors (Lipinski definition) is 4. The average Bonchev–Trinajstić information content (AvgIpc) is 2.74. The van der Waals surface area contributed by atoms with Gasteiger partial charge < -0.3 is 10.6 Å². The molecule has 0 aromatic heterocycles. The molecular formula is C26H43FN4O. The molecule has 1 heterocycles. The maximum Gasteiger partial charge on any atom is 0.251 e. The highest BCUT2D eigenvalue weighted by molar-refractivity contribution is 5.94. The van der Waals surface area contributed by atoms with Gasteiger partial charge in [-0.2, -0.15) is 0 Å². The number of carbonyl (C=O) groups excluding carboxylic acids is 1. The first-order chi connectivity index (χ1) is 15.2. The third kappa shape index (κ3) is 5.64. The van der Waals surface area contributed by atoms with Gasteiger partial charge in [-0.15, -0.1) is 0 Å². The first-order valence-corrected chi connectivity index (χ1v) is 12.2. The Labute approximate surface area is 194 Å². The highest BCUT2D eigenvalue weighted by atomic mass is 19.1. The Morgan fingerprint density at radius 1 is 1.19 bits per heavy atom. The molecule has 5 nitrogen and oxygen atoms in total. The number of nitrogens with one attached hydrogen (secondary N) is 3. The van der Waals surface area contributed by atoms with Crippen molar-refractivity contribution < 1.29 is 9.18 Å². The topological polar surface area (TPSA) is 56.4 Å². The van der Waals surface area contributed by atoms with Crippen molar-refractivity contribution in [3.8, 4) is 0 Å². The summed E-state index contributed by atoms with van der Waals surface area (Å²) in [6, 6.07) is 6.67. The van der Waals surface area contributed by atoms with Crippen LogP contribution in [0.3, 0.4) is 0 Å². The van der Waals surface area contributed by atoms with Crippen molar-refractivity contribution in [3.05, 3.63) is 47.0 Å². The van der Waals surface area contributed by atoms with Gasteiger partial charge in [-0.3, -0.25) is 9.80 Å². The fourth-order valence-corrected chi connectivity index (χ4v) is 5.16. The lowest BCUT2D eigenvalue weighted by atomic mass is 9.85. The summed E-state index contributed by atoms with van der Waals surface area (Å²) in [4.78, 5) is 13.6. The number of nitrogens with zero attached hydrogens (tertiary/aromatic N) is 1. The van der Waals surface area contributed by atoms with Gasteiger partial charge in [0.15, 0.2) is 0 Å². The van der Waals surface area contributed by atoms with Crippen molar-refractivity contribution in [1.82, 2.24) is 21.1 Å². The monoisotopic (exact) mass is 446 g/mol. The van der Waals surface area contributed by atoms with E-state index in [-0.39, 0.29) is 28.8 Å². The second-order valence-electron chi connectivity index (χ2n) is 9.56. The van der Waals surface area contributed by atoms with E-state index in [1.165, 1.54) is 6.07 Å². The van der Waals surface area contributed by atoms with E-state index >= 15 is 0 Å². The van der Waals surface area contributed by atoms with Crippen molar-refractivity contribution in [1.29, 1.82) is 0 Å². The quantitative estimate of drug-likeness (QED) is 0.412. The van der Waals surface area contributed by atoms with Gasteiger partial charge in [0, 0.05) is 18.2 Å². The minimum atomic E-state index is -0.322. The van der Waals surface area contributed by atoms with Gasteiger partial charge in [-0.1, -0.05) is 58.7 Å². The van der Waals surface area contributed by atoms with E-state index in [0.29, 0.717) is 24.0 Å². The van der Waals surface area contributed by atoms with Gasteiger partial charge in [0.2, 0.25) is 0 Å². The Bertz CT molecular complexity index is 799. The molecule has 180 valence electrons. The number of rotatable bonds is 10. The van der Waals surface area contributed by atoms with Gasteiger partial charge in [0.1, 0.15) is 11.6 Å². The first kappa shape index (κ1) is 26.2. The summed E-state index contributed by atoms with van der Waals surface area (Å²) >= 11 is 0. The smallest absolute Gasteiger partial charge is 0.251 e. The zero-order valence-electron chi connectivity index (χ0n) is 21.1. The summed E-state index contributed by atoms with van der Waals surface area (Å²) in [5, 5.41) is 8.94. The first-order valence-electron chi connectivity index (χ1n) is 12.2. The molecule has 0 saturated carbocycles. The van der Waals surface area contributed by atoms with Crippen molar-refractivity contribution in [3.63, 3.8) is 0 Å². The SMILES string of the molecule is CCCC(CC)(CCC)NC(=O)/C(CC)=C1\NC(c2ccccc2F)CC(C)(C)N1NC. The van der Waals surface area contributed by atoms with Crippen LogP contribution >= 0.6 is 0 Å². The number of halogens is 1. The molecule has 0 bridgehead atoms. The van der Waals surface area contributed by atoms with E-state index in [4.69, 9.17) is 0 Å². The van der Waals surface area contributed by atoms with Crippen molar-refractivity contribution >= 4 is 5.91 Å². The van der Waals surface area contributed by atoms with E-state index in [2.05, 4.69) is 50.7 Å². The molecular weight excluding hydrogens is 403 g/mol. The predicted octanol–water partition coefficient (Wildman–Crippen LogP) is 5.56. The molecule has 1 amide bonds. The molecule has 1 atom stereocenters. The van der Waals surface area contributed by atoms with Crippen LogP contribution in [-0.4, -0.2) is 29.0 Å². The molecule has 6 heteroatoms. The standard InChI is InChI=1S/C26H43FN4O/c1-8-16-26(11-4,17-9-2)30-24(32)19(10-3)23-29-22(18-25(5,6)31(23)28-7)20-14-12-13-15-21(20)27/h12-15,22,28-29H,8-11,16-18H2,1-7H3,(H,30,32)/b23-19+. The van der Waals surface area contributed by atoms with Gasteiger partial charge in [-0.05, 0) is 52.0 Å². The largest absolute Gasteiger partial charge is 0.363 e. The van der Waals surface area contributed by atoms with Gasteiger partial charge in [0.25, 0.3) is 5.91 Å². The summed E-state index contributed by atoms with van der Waals surface area (Å²) in [5.74, 6) is 0.468. The fraction of sp³-hybridized carbons (Fsp3) is 0.654. The van der Waals surface area contributed by atoms with Gasteiger partial charge >= 0.3 is 0 Å². The molecule has 32 heavy (non-hydrogen) atoms. The fourth-order valence-electron chi connectivity index (χ4n) is 5.16. The number of amides is 1. The lowest BCUT2D eigenvalue weighted by molar-refractivity contribution is -0.120. The summed E-state index contributed by atoms with van der Waals surface area (Å²) in [6.45, 7) is 12.7. The molecule has 1 aromatic carbocycles. The molecule has 0 spiro atoms. The lowest BCUT2D eigenvalue weighted by Gasteiger charge is -2.49. The van der Waals surface area contributed by atoms with E-state index in [9.17, 15) is 9.18 Å². The third-order valence-electron chi connectivity index (χ3n) is 6.77. The Hall–Kier alpha value is -2.08. The molecule has 1 saturated heterocycles. The van der Waals surface area contributed by atoms with Gasteiger partial charge in [0.05, 0.1) is 17.2 Å². The molecule has 1 fully saturated rings. The second kappa shape index (κ2) is 11.2. The van der Waals surface area contributed by atoms with Crippen LogP contribution < -0.4 is 16.1 Å². The Balaban J connectivity index is 2.50. The highest BCUT2D eigenvalue weighted by Gasteiger charge is 2.40. The Kier molecular flexibility index (Phi) is 9.14. The Morgan fingerprint density at radius 3 is 2.31 bits per heavy atom. The molecule has 2 rings (SSSR count). The zero-order valence-corrected chi connectivity index (χ0v) is 21.1. The summed E-state index contributed by atoms with van der Waals surface area (Å²) < 4.78 is 14.6. The second-order valence-corrected chi connectivity index (χ2v) is 9.56. The summed E-state index contributed by atoms with van der Waals surface area (Å²) in [7, 11) is 1.86. The molecule has 1 aromatic rings. The number of carbonyl (C=O) groups is 1. The lowest BCUT2D eigenvalue weighted by Crippen LogP contribution is -2.59. The van der Waals surface area contributed by atoms with Crippen LogP contribution in [0.1, 0.15) is 98.1 Å². The molecule has 1 unspecified atom stereocenters. The minimum Gasteiger partial charge on any atom is -0.363 e. The van der Waals surface area contributed by atoms with E-state index < -0.39 is 0 Å². The van der Waals surface area contributed by atoms with Crippen LogP contribution in [0.4, 0.5) is 4.39 Å². The normalized spacial score (nSPS) is 20.0. The molecule has 1 aliphatic rings. The van der Waals surface area contributed by atoms with Crippen LogP contribution in [0.2, 0.25) is 0 Å². The van der Waals surface area contributed by atoms with Crippen molar-refractivity contribution in [2.75, 3.05) is 7.05 Å². The number of hydrazine groups is 1. The van der Waals surface area contributed by atoms with E-state index in [1.54, 1.807) is 6.07 Å². The maximum absolute atomic E-state index is 14.6. The van der Waals surface area contributed by atoms with Crippen LogP contribution in [0.5, 0.6) is 0 Å². The maximum atomic E-state index is 14.6. The highest BCUT2D eigenvalue weighted by Crippen LogP contribution is 2.37.